The van der Waals surface area contributed by atoms with Gasteiger partial charge in [-0.15, -0.1) is 0 Å². The van der Waals surface area contributed by atoms with E-state index in [0.717, 1.165) is 11.5 Å². The van der Waals surface area contributed by atoms with Gasteiger partial charge in [0.25, 0.3) is 0 Å². The quantitative estimate of drug-likeness (QED) is 0.506. The first-order valence-electron chi connectivity index (χ1n) is 2.26. The number of aromatic amines is 1. The molecule has 0 bridgehead atoms. The Bertz CT molecular complexity index is 323. The molecule has 0 saturated carbocycles. The molecule has 0 aliphatic heterocycles. The summed E-state index contributed by atoms with van der Waals surface area (Å²) in [7, 11) is 0. The first-order chi connectivity index (χ1) is 4.63. The Morgan fingerprint density at radius 2 is 1.85 bits per heavy atom. The van der Waals surface area contributed by atoms with Crippen molar-refractivity contribution in [2.24, 2.45) is 0 Å². The van der Waals surface area contributed by atoms with Crippen molar-refractivity contribution in [3.05, 3.63) is 9.39 Å². The Kier molecular flexibility index (Phi) is 19.0. The fraction of sp³-hybridized carbons (Fsp3) is 0. The van der Waals surface area contributed by atoms with Gasteiger partial charge < -0.3 is 10.2 Å². The molecule has 3 N–H and O–H groups in total. The van der Waals surface area contributed by atoms with Gasteiger partial charge in [0.1, 0.15) is 9.39 Å². The number of rotatable bonds is 1. The van der Waals surface area contributed by atoms with E-state index in [1.54, 1.807) is 0 Å². The van der Waals surface area contributed by atoms with Crippen LogP contribution in [0, 0.1) is 3.82 Å². The van der Waals surface area contributed by atoms with Crippen LogP contribution in [0.5, 0.6) is 5.88 Å². The molecule has 0 fully saturated rings. The number of aromatic hydroxyl groups is 1. The third-order valence-corrected chi connectivity index (χ3v) is 2.03. The van der Waals surface area contributed by atoms with Gasteiger partial charge in [-0.25, -0.2) is 4.79 Å². The molecule has 0 aliphatic carbocycles. The smallest absolute Gasteiger partial charge is 0.343 e. The van der Waals surface area contributed by atoms with Crippen molar-refractivity contribution in [1.29, 1.82) is 0 Å². The van der Waals surface area contributed by atoms with Crippen molar-refractivity contribution in [3.63, 3.8) is 0 Å². The normalized spacial score (nSPS) is 7.38. The van der Waals surface area contributed by atoms with Crippen LogP contribution in [-0.2, 0) is 0 Å². The minimum atomic E-state index is -1.21. The van der Waals surface area contributed by atoms with Gasteiger partial charge >= 0.3 is 5.97 Å². The zero-order chi connectivity index (χ0) is 7.72. The van der Waals surface area contributed by atoms with Crippen molar-refractivity contribution in [2.75, 3.05) is 0 Å². The SMILES string of the molecule is O=C(O)c1c(O)[nH]sc1=S.[K].[K].[K]. The van der Waals surface area contributed by atoms with Crippen molar-refractivity contribution >= 4 is 184 Å². The number of carboxylic acid groups (broad SMARTS) is 1. The molecule has 0 spiro atoms. The second-order valence-electron chi connectivity index (χ2n) is 1.52. The molecule has 0 aliphatic rings. The Hall–Kier alpha value is 4.03. The first kappa shape index (κ1) is 22.2. The third-order valence-electron chi connectivity index (χ3n) is 0.895. The molecule has 9 heteroatoms. The maximum atomic E-state index is 10.3. The summed E-state index contributed by atoms with van der Waals surface area (Å²) in [5, 5.41) is 17.2. The second-order valence-corrected chi connectivity index (χ2v) is 3.00. The summed E-state index contributed by atoms with van der Waals surface area (Å²) in [6, 6.07) is 0. The molecule has 0 aromatic carbocycles. The van der Waals surface area contributed by atoms with Crippen molar-refractivity contribution in [2.45, 2.75) is 0 Å². The zero-order valence-corrected chi connectivity index (χ0v) is 18.6. The summed E-state index contributed by atoms with van der Waals surface area (Å²) in [5.41, 5.74) is -0.222. The van der Waals surface area contributed by atoms with E-state index >= 15 is 0 Å². The van der Waals surface area contributed by atoms with Crippen LogP contribution >= 0.6 is 23.8 Å². The molecule has 0 saturated heterocycles. The molecule has 1 rings (SSSR count). The van der Waals surface area contributed by atoms with Crippen LogP contribution in [0.25, 0.3) is 0 Å². The minimum Gasteiger partial charge on any atom is -0.493 e. The summed E-state index contributed by atoms with van der Waals surface area (Å²) in [5.74, 6) is -1.58. The largest absolute Gasteiger partial charge is 0.493 e. The molecule has 1 heterocycles. The van der Waals surface area contributed by atoms with Crippen molar-refractivity contribution < 1.29 is 15.0 Å². The van der Waals surface area contributed by atoms with Gasteiger partial charge in [-0.2, -0.15) is 0 Å². The molecule has 1 aromatic heterocycles. The number of aromatic carboxylic acids is 1. The number of H-pyrrole nitrogens is 1. The van der Waals surface area contributed by atoms with Crippen LogP contribution in [0.4, 0.5) is 0 Å². The van der Waals surface area contributed by atoms with Crippen LogP contribution in [0.3, 0.4) is 0 Å². The summed E-state index contributed by atoms with van der Waals surface area (Å²) in [4.78, 5) is 10.3. The average molecular weight is 294 g/mol. The Labute approximate surface area is 212 Å². The van der Waals surface area contributed by atoms with E-state index in [-0.39, 0.29) is 169 Å². The van der Waals surface area contributed by atoms with Crippen LogP contribution < -0.4 is 0 Å². The van der Waals surface area contributed by atoms with Crippen LogP contribution in [-0.4, -0.2) is 175 Å². The van der Waals surface area contributed by atoms with E-state index in [9.17, 15) is 4.79 Å². The first-order valence-corrected chi connectivity index (χ1v) is 3.49. The fourth-order valence-corrected chi connectivity index (χ4v) is 1.37. The van der Waals surface area contributed by atoms with E-state index in [0.29, 0.717) is 0 Å². The summed E-state index contributed by atoms with van der Waals surface area (Å²) < 4.78 is 2.49. The molecule has 0 unspecified atom stereocenters. The maximum absolute atomic E-state index is 10.3. The summed E-state index contributed by atoms with van der Waals surface area (Å²) in [6.07, 6.45) is 0. The van der Waals surface area contributed by atoms with E-state index in [4.69, 9.17) is 10.2 Å². The summed E-state index contributed by atoms with van der Waals surface area (Å²) in [6.45, 7) is 0. The number of aromatic nitrogens is 1. The molecule has 0 atom stereocenters. The van der Waals surface area contributed by atoms with Gasteiger partial charge in [-0.3, -0.25) is 4.37 Å². The standard InChI is InChI=1S/C4H3NO3S2.3K/c6-2-1(3(7)8)4(9)10-5-2;;;/h5-6H,(H,7,8);;;. The predicted molar refractivity (Wildman–Crippen MR) is 55.4 cm³/mol. The van der Waals surface area contributed by atoms with Gasteiger partial charge in [-0.05, 0) is 11.5 Å². The van der Waals surface area contributed by atoms with Gasteiger partial charge in [0.2, 0.25) is 5.88 Å². The second kappa shape index (κ2) is 11.1. The molecule has 1 aromatic rings. The average Bonchev–Trinajstić information content (AvgIpc) is 2.11. The molecular formula is C4H3K3NO3S2. The van der Waals surface area contributed by atoms with Gasteiger partial charge in [0.15, 0.2) is 0 Å². The number of nitrogens with one attached hydrogen (secondary N) is 1. The Morgan fingerprint density at radius 3 is 2.00 bits per heavy atom. The van der Waals surface area contributed by atoms with E-state index in [1.165, 1.54) is 0 Å². The van der Waals surface area contributed by atoms with Crippen LogP contribution in [0.1, 0.15) is 10.4 Å². The number of hydrogen-bond donors (Lipinski definition) is 3. The zero-order valence-electron chi connectivity index (χ0n) is 7.62. The van der Waals surface area contributed by atoms with E-state index in [1.807, 2.05) is 0 Å². The van der Waals surface area contributed by atoms with Gasteiger partial charge in [-0.1, -0.05) is 12.2 Å². The number of carboxylic acids is 1. The monoisotopic (exact) mass is 294 g/mol. The van der Waals surface area contributed by atoms with Crippen LogP contribution in [0.15, 0.2) is 0 Å². The number of carbonyl (C=O) groups is 1. The maximum Gasteiger partial charge on any atom is 0.343 e. The molecular weight excluding hydrogens is 291 g/mol. The number of hydrogen-bond acceptors (Lipinski definition) is 4. The topological polar surface area (TPSA) is 73.3 Å². The molecule has 4 nitrogen and oxygen atoms in total. The molecule has 0 amide bonds. The Morgan fingerprint density at radius 1 is 1.38 bits per heavy atom. The van der Waals surface area contributed by atoms with E-state index < -0.39 is 5.97 Å². The Balaban J connectivity index is -0.000000333. The van der Waals surface area contributed by atoms with Gasteiger partial charge in [0, 0.05) is 154 Å². The minimum absolute atomic E-state index is 0. The van der Waals surface area contributed by atoms with Crippen LogP contribution in [0.2, 0.25) is 0 Å². The summed E-state index contributed by atoms with van der Waals surface area (Å²) >= 11 is 5.51. The molecule has 3 radical (unpaired) electrons. The predicted octanol–water partition coefficient (Wildman–Crippen LogP) is 0.0671. The molecule has 57 valence electrons. The van der Waals surface area contributed by atoms with E-state index in [2.05, 4.69) is 16.6 Å². The van der Waals surface area contributed by atoms with Gasteiger partial charge in [0.05, 0.1) is 0 Å². The third kappa shape index (κ3) is 7.13. The van der Waals surface area contributed by atoms with Crippen molar-refractivity contribution in [1.82, 2.24) is 4.37 Å². The molecule has 13 heavy (non-hydrogen) atoms. The van der Waals surface area contributed by atoms with Crippen molar-refractivity contribution in [3.8, 4) is 5.88 Å². The fourth-order valence-electron chi connectivity index (χ4n) is 0.482.